The molecule has 4 aromatic rings. The molecule has 0 unspecified atom stereocenters. The molecule has 0 saturated carbocycles. The number of rotatable bonds is 5. The molecule has 0 spiro atoms. The fraction of sp³-hybridized carbons (Fsp3) is 0.154. The number of nitrogens with zero attached hydrogens (tertiary/aromatic N) is 3. The number of benzene rings is 3. The molecule has 1 aliphatic rings. The Hall–Kier alpha value is -3.86. The van der Waals surface area contributed by atoms with Gasteiger partial charge in [0.25, 0.3) is 5.91 Å². The lowest BCUT2D eigenvalue weighted by atomic mass is 10.00. The first-order chi connectivity index (χ1) is 15.2. The molecule has 154 valence electrons. The van der Waals surface area contributed by atoms with E-state index in [0.717, 1.165) is 16.8 Å². The van der Waals surface area contributed by atoms with E-state index in [2.05, 4.69) is 41.6 Å². The standard InChI is InChI=1S/C26H24N4O/c1-19(21-12-6-3-7-13-21)30-25(28-24-15-9-8-14-23(24)26(30)31)22-16-27-29(18-22)17-20-10-4-2-5-11-20/h2-16,18-19,25,28H,17H2,1H3/t19-,25-/m0/s1. The molecule has 1 N–H and O–H groups in total. The number of nitrogens with one attached hydrogen (secondary N) is 1. The minimum Gasteiger partial charge on any atom is -0.361 e. The van der Waals surface area contributed by atoms with Crippen molar-refractivity contribution in [1.29, 1.82) is 0 Å². The van der Waals surface area contributed by atoms with Gasteiger partial charge in [-0.1, -0.05) is 72.8 Å². The predicted molar refractivity (Wildman–Crippen MR) is 122 cm³/mol. The number of para-hydroxylation sites is 1. The molecule has 2 heterocycles. The Bertz CT molecular complexity index is 1190. The first-order valence-electron chi connectivity index (χ1n) is 10.5. The van der Waals surface area contributed by atoms with Gasteiger partial charge in [0.15, 0.2) is 0 Å². The number of aromatic nitrogens is 2. The molecule has 5 heteroatoms. The number of carbonyl (C=O) groups is 1. The van der Waals surface area contributed by atoms with Gasteiger partial charge in [0.1, 0.15) is 6.17 Å². The Kier molecular flexibility index (Phi) is 5.00. The van der Waals surface area contributed by atoms with Crippen molar-refractivity contribution in [3.05, 3.63) is 120 Å². The Morgan fingerprint density at radius 2 is 1.61 bits per heavy atom. The highest BCUT2D eigenvalue weighted by Gasteiger charge is 2.36. The second-order valence-electron chi connectivity index (χ2n) is 7.85. The van der Waals surface area contributed by atoms with Gasteiger partial charge in [-0.05, 0) is 30.2 Å². The normalized spacial score (nSPS) is 16.5. The summed E-state index contributed by atoms with van der Waals surface area (Å²) >= 11 is 0. The largest absolute Gasteiger partial charge is 0.361 e. The maximum absolute atomic E-state index is 13.6. The van der Waals surface area contributed by atoms with Crippen LogP contribution in [-0.2, 0) is 6.54 Å². The summed E-state index contributed by atoms with van der Waals surface area (Å²) in [6, 6.07) is 28.0. The van der Waals surface area contributed by atoms with E-state index < -0.39 is 0 Å². The van der Waals surface area contributed by atoms with Crippen molar-refractivity contribution in [2.24, 2.45) is 0 Å². The topological polar surface area (TPSA) is 50.2 Å². The van der Waals surface area contributed by atoms with Crippen LogP contribution in [0, 0.1) is 0 Å². The Morgan fingerprint density at radius 3 is 2.39 bits per heavy atom. The summed E-state index contributed by atoms with van der Waals surface area (Å²) in [5, 5.41) is 8.15. The van der Waals surface area contributed by atoms with Gasteiger partial charge >= 0.3 is 0 Å². The van der Waals surface area contributed by atoms with Crippen molar-refractivity contribution >= 4 is 11.6 Å². The van der Waals surface area contributed by atoms with Crippen LogP contribution in [0.1, 0.15) is 46.2 Å². The van der Waals surface area contributed by atoms with Crippen molar-refractivity contribution in [2.75, 3.05) is 5.32 Å². The van der Waals surface area contributed by atoms with Crippen molar-refractivity contribution in [2.45, 2.75) is 25.7 Å². The first-order valence-corrected chi connectivity index (χ1v) is 10.5. The molecule has 31 heavy (non-hydrogen) atoms. The Balaban J connectivity index is 1.51. The number of fused-ring (bicyclic) bond motifs is 1. The minimum absolute atomic E-state index is 0.0199. The van der Waals surface area contributed by atoms with Crippen molar-refractivity contribution in [3.8, 4) is 0 Å². The van der Waals surface area contributed by atoms with Crippen LogP contribution in [0.15, 0.2) is 97.3 Å². The number of hydrogen-bond acceptors (Lipinski definition) is 3. The van der Waals surface area contributed by atoms with Crippen LogP contribution in [-0.4, -0.2) is 20.6 Å². The van der Waals surface area contributed by atoms with Gasteiger partial charge in [-0.15, -0.1) is 0 Å². The van der Waals surface area contributed by atoms with Gasteiger partial charge in [-0.25, -0.2) is 0 Å². The minimum atomic E-state index is -0.304. The second kappa shape index (κ2) is 8.11. The van der Waals surface area contributed by atoms with E-state index in [-0.39, 0.29) is 18.1 Å². The lowest BCUT2D eigenvalue weighted by Gasteiger charge is -2.41. The first kappa shape index (κ1) is 19.1. The quantitative estimate of drug-likeness (QED) is 0.490. The highest BCUT2D eigenvalue weighted by molar-refractivity contribution is 6.02. The molecule has 2 atom stereocenters. The average molecular weight is 409 g/mol. The number of hydrogen-bond donors (Lipinski definition) is 1. The van der Waals surface area contributed by atoms with Crippen molar-refractivity contribution in [1.82, 2.24) is 14.7 Å². The summed E-state index contributed by atoms with van der Waals surface area (Å²) in [6.45, 7) is 2.76. The highest BCUT2D eigenvalue weighted by Crippen LogP contribution is 2.38. The lowest BCUT2D eigenvalue weighted by molar-refractivity contribution is 0.0596. The molecular weight excluding hydrogens is 384 g/mol. The van der Waals surface area contributed by atoms with E-state index in [4.69, 9.17) is 0 Å². The van der Waals surface area contributed by atoms with Crippen molar-refractivity contribution in [3.63, 3.8) is 0 Å². The van der Waals surface area contributed by atoms with Crippen LogP contribution in [0.5, 0.6) is 0 Å². The summed E-state index contributed by atoms with van der Waals surface area (Å²) in [7, 11) is 0. The molecular formula is C26H24N4O. The number of carbonyl (C=O) groups excluding carboxylic acids is 1. The van der Waals surface area contributed by atoms with E-state index in [1.54, 1.807) is 0 Å². The van der Waals surface area contributed by atoms with Gasteiger partial charge < -0.3 is 10.2 Å². The third kappa shape index (κ3) is 3.70. The fourth-order valence-electron chi connectivity index (χ4n) is 4.18. The lowest BCUT2D eigenvalue weighted by Crippen LogP contribution is -2.44. The van der Waals surface area contributed by atoms with Crippen LogP contribution >= 0.6 is 0 Å². The van der Waals surface area contributed by atoms with Crippen LogP contribution in [0.4, 0.5) is 5.69 Å². The third-order valence-corrected chi connectivity index (χ3v) is 5.82. The Morgan fingerprint density at radius 1 is 0.935 bits per heavy atom. The van der Waals surface area contributed by atoms with Gasteiger partial charge in [0.2, 0.25) is 0 Å². The SMILES string of the molecule is C[C@@H](c1ccccc1)N1C(=O)c2ccccc2N[C@@H]1c1cnn(Cc2ccccc2)c1. The Labute approximate surface area is 182 Å². The smallest absolute Gasteiger partial charge is 0.258 e. The van der Waals surface area contributed by atoms with E-state index in [1.165, 1.54) is 5.56 Å². The summed E-state index contributed by atoms with van der Waals surface area (Å²) in [5.41, 5.74) is 4.79. The molecule has 0 saturated heterocycles. The molecule has 3 aromatic carbocycles. The third-order valence-electron chi connectivity index (χ3n) is 5.82. The molecule has 0 aliphatic carbocycles. The highest BCUT2D eigenvalue weighted by atomic mass is 16.2. The van der Waals surface area contributed by atoms with Crippen molar-refractivity contribution < 1.29 is 4.79 Å². The van der Waals surface area contributed by atoms with Gasteiger partial charge in [-0.3, -0.25) is 9.48 Å². The van der Waals surface area contributed by atoms with Gasteiger partial charge in [-0.2, -0.15) is 5.10 Å². The van der Waals surface area contributed by atoms with Crippen LogP contribution in [0.25, 0.3) is 0 Å². The molecule has 1 aliphatic heterocycles. The van der Waals surface area contributed by atoms with Gasteiger partial charge in [0.05, 0.1) is 24.3 Å². The summed E-state index contributed by atoms with van der Waals surface area (Å²) in [5.74, 6) is 0.0199. The van der Waals surface area contributed by atoms with E-state index in [0.29, 0.717) is 12.1 Å². The molecule has 5 rings (SSSR count). The molecule has 1 amide bonds. The maximum atomic E-state index is 13.6. The summed E-state index contributed by atoms with van der Waals surface area (Å²) < 4.78 is 1.92. The maximum Gasteiger partial charge on any atom is 0.258 e. The second-order valence-corrected chi connectivity index (χ2v) is 7.85. The molecule has 5 nitrogen and oxygen atoms in total. The summed E-state index contributed by atoms with van der Waals surface area (Å²) in [4.78, 5) is 15.5. The predicted octanol–water partition coefficient (Wildman–Crippen LogP) is 5.26. The zero-order valence-electron chi connectivity index (χ0n) is 17.3. The number of anilines is 1. The monoisotopic (exact) mass is 408 g/mol. The molecule has 1 aromatic heterocycles. The van der Waals surface area contributed by atoms with E-state index in [9.17, 15) is 4.79 Å². The van der Waals surface area contributed by atoms with Crippen LogP contribution in [0.2, 0.25) is 0 Å². The molecule has 0 radical (unpaired) electrons. The average Bonchev–Trinajstić information content (AvgIpc) is 3.28. The molecule has 0 fully saturated rings. The summed E-state index contributed by atoms with van der Waals surface area (Å²) in [6.07, 6.45) is 3.57. The van der Waals surface area contributed by atoms with Crippen LogP contribution < -0.4 is 5.32 Å². The van der Waals surface area contributed by atoms with E-state index >= 15 is 0 Å². The van der Waals surface area contributed by atoms with Gasteiger partial charge in [0, 0.05) is 17.4 Å². The van der Waals surface area contributed by atoms with Crippen LogP contribution in [0.3, 0.4) is 0 Å². The zero-order chi connectivity index (χ0) is 21.2. The van der Waals surface area contributed by atoms with E-state index in [1.807, 2.05) is 82.6 Å². The number of amides is 1. The fourth-order valence-corrected chi connectivity index (χ4v) is 4.18. The molecule has 0 bridgehead atoms. The zero-order valence-corrected chi connectivity index (χ0v) is 17.3.